The molecule has 3 fully saturated rings. The van der Waals surface area contributed by atoms with Crippen LogP contribution in [0.5, 0.6) is 0 Å². The van der Waals surface area contributed by atoms with Gasteiger partial charge in [0.15, 0.2) is 0 Å². The van der Waals surface area contributed by atoms with Gasteiger partial charge in [0.2, 0.25) is 11.8 Å². The van der Waals surface area contributed by atoms with Crippen molar-refractivity contribution in [3.63, 3.8) is 0 Å². The third-order valence-corrected chi connectivity index (χ3v) is 10.5. The lowest BCUT2D eigenvalue weighted by Crippen LogP contribution is -2.60. The number of rotatable bonds is 14. The largest absolute Gasteiger partial charge is 0.460 e. The molecular formula is C36H44BrN3O7. The van der Waals surface area contributed by atoms with E-state index in [0.29, 0.717) is 18.5 Å². The molecule has 2 bridgehead atoms. The number of nitrogens with zero attached hydrogens (tertiary/aromatic N) is 2. The summed E-state index contributed by atoms with van der Waals surface area (Å²) in [4.78, 5) is 58.2. The summed E-state index contributed by atoms with van der Waals surface area (Å²) in [6, 6.07) is 11.8. The Hall–Kier alpha value is -3.54. The first kappa shape index (κ1) is 34.8. The average Bonchev–Trinajstić information content (AvgIpc) is 3.64. The SMILES string of the molecule is C=CCCC(=O)NC[C@H](C)OC(=O)[C@@H]1[C@H]2O[C@@]3(CC2Br)[C@H](C(=O)N(CC=C)c2ccc4ccccc4c2)N([C@@H](CO)C(C)C)C(=O)[C@@H]13. The Labute approximate surface area is 284 Å². The summed E-state index contributed by atoms with van der Waals surface area (Å²) in [6.45, 7) is 12.9. The van der Waals surface area contributed by atoms with E-state index in [9.17, 15) is 24.3 Å². The van der Waals surface area contributed by atoms with Crippen LogP contribution in [0.1, 0.15) is 40.0 Å². The predicted octanol–water partition coefficient (Wildman–Crippen LogP) is 4.14. The third kappa shape index (κ3) is 6.37. The van der Waals surface area contributed by atoms with Crippen molar-refractivity contribution in [2.45, 2.75) is 74.8 Å². The molecule has 0 aliphatic carbocycles. The minimum Gasteiger partial charge on any atom is -0.460 e. The molecule has 3 saturated heterocycles. The first-order valence-corrected chi connectivity index (χ1v) is 17.1. The highest BCUT2D eigenvalue weighted by molar-refractivity contribution is 9.09. The van der Waals surface area contributed by atoms with Crippen LogP contribution in [0, 0.1) is 17.8 Å². The highest BCUT2D eigenvalue weighted by Crippen LogP contribution is 2.61. The van der Waals surface area contributed by atoms with Gasteiger partial charge in [-0.25, -0.2) is 0 Å². The van der Waals surface area contributed by atoms with Gasteiger partial charge in [0, 0.05) is 23.5 Å². The summed E-state index contributed by atoms with van der Waals surface area (Å²) in [5, 5.41) is 15.3. The monoisotopic (exact) mass is 709 g/mol. The quantitative estimate of drug-likeness (QED) is 0.172. The van der Waals surface area contributed by atoms with Gasteiger partial charge in [0.1, 0.15) is 17.7 Å². The number of alkyl halides is 1. The number of carbonyl (C=O) groups is 4. The van der Waals surface area contributed by atoms with Crippen molar-refractivity contribution in [1.29, 1.82) is 0 Å². The van der Waals surface area contributed by atoms with E-state index in [4.69, 9.17) is 9.47 Å². The number of aliphatic hydroxyl groups excluding tert-OH is 1. The van der Waals surface area contributed by atoms with Crippen LogP contribution in [-0.2, 0) is 28.7 Å². The number of aliphatic hydroxyl groups is 1. The topological polar surface area (TPSA) is 125 Å². The molecule has 0 saturated carbocycles. The maximum Gasteiger partial charge on any atom is 0.312 e. The lowest BCUT2D eigenvalue weighted by Gasteiger charge is -2.40. The number of nitrogens with one attached hydrogen (secondary N) is 1. The molecule has 2 aromatic carbocycles. The van der Waals surface area contributed by atoms with E-state index in [1.54, 1.807) is 24.0 Å². The van der Waals surface area contributed by atoms with E-state index in [1.807, 2.05) is 56.3 Å². The molecule has 1 spiro atoms. The molecule has 10 nitrogen and oxygen atoms in total. The normalized spacial score (nSPS) is 27.4. The fraction of sp³-hybridized carbons (Fsp3) is 0.500. The number of anilines is 1. The summed E-state index contributed by atoms with van der Waals surface area (Å²) < 4.78 is 12.5. The zero-order valence-electron chi connectivity index (χ0n) is 27.1. The van der Waals surface area contributed by atoms with Crippen molar-refractivity contribution in [3.05, 3.63) is 67.8 Å². The lowest BCUT2D eigenvalue weighted by molar-refractivity contribution is -0.159. The maximum atomic E-state index is 14.9. The molecular weight excluding hydrogens is 666 g/mol. The number of hydrogen-bond acceptors (Lipinski definition) is 7. The second kappa shape index (κ2) is 14.3. The first-order valence-electron chi connectivity index (χ1n) is 16.2. The van der Waals surface area contributed by atoms with Gasteiger partial charge in [-0.05, 0) is 48.6 Å². The number of ether oxygens (including phenoxy) is 2. The van der Waals surface area contributed by atoms with Gasteiger partial charge in [0.05, 0.1) is 37.1 Å². The first-order chi connectivity index (χ1) is 22.5. The maximum absolute atomic E-state index is 14.9. The van der Waals surface area contributed by atoms with Crippen molar-refractivity contribution in [1.82, 2.24) is 10.2 Å². The summed E-state index contributed by atoms with van der Waals surface area (Å²) >= 11 is 3.70. The second-order valence-electron chi connectivity index (χ2n) is 13.1. The Morgan fingerprint density at radius 3 is 2.55 bits per heavy atom. The molecule has 0 radical (unpaired) electrons. The molecule has 3 amide bonds. The van der Waals surface area contributed by atoms with E-state index >= 15 is 0 Å². The van der Waals surface area contributed by atoms with Crippen LogP contribution in [0.15, 0.2) is 67.8 Å². The van der Waals surface area contributed by atoms with Crippen LogP contribution < -0.4 is 10.2 Å². The van der Waals surface area contributed by atoms with Gasteiger partial charge < -0.3 is 29.7 Å². The molecule has 11 heteroatoms. The van der Waals surface area contributed by atoms with Gasteiger partial charge in [-0.3, -0.25) is 19.2 Å². The summed E-state index contributed by atoms with van der Waals surface area (Å²) in [5.41, 5.74) is -0.703. The van der Waals surface area contributed by atoms with E-state index in [0.717, 1.165) is 10.8 Å². The van der Waals surface area contributed by atoms with Crippen molar-refractivity contribution >= 4 is 56.1 Å². The molecule has 3 heterocycles. The van der Waals surface area contributed by atoms with E-state index < -0.39 is 53.6 Å². The number of fused-ring (bicyclic) bond motifs is 2. The second-order valence-corrected chi connectivity index (χ2v) is 14.2. The molecule has 5 rings (SSSR count). The summed E-state index contributed by atoms with van der Waals surface area (Å²) in [7, 11) is 0. The molecule has 252 valence electrons. The molecule has 2 aromatic rings. The number of benzene rings is 2. The van der Waals surface area contributed by atoms with E-state index in [2.05, 4.69) is 34.4 Å². The van der Waals surface area contributed by atoms with Crippen molar-refractivity contribution in [2.24, 2.45) is 17.8 Å². The zero-order valence-corrected chi connectivity index (χ0v) is 28.7. The zero-order chi connectivity index (χ0) is 34.0. The van der Waals surface area contributed by atoms with Crippen molar-refractivity contribution in [2.75, 3.05) is 24.6 Å². The number of halogens is 1. The third-order valence-electron chi connectivity index (χ3n) is 9.65. The van der Waals surface area contributed by atoms with Crippen LogP contribution in [0.3, 0.4) is 0 Å². The Kier molecular flexibility index (Phi) is 10.6. The summed E-state index contributed by atoms with van der Waals surface area (Å²) in [5.74, 6) is -3.77. The highest BCUT2D eigenvalue weighted by atomic mass is 79.9. The Morgan fingerprint density at radius 1 is 1.17 bits per heavy atom. The molecule has 3 aliphatic heterocycles. The summed E-state index contributed by atoms with van der Waals surface area (Å²) in [6.07, 6.45) is 3.05. The van der Waals surface area contributed by atoms with Gasteiger partial charge >= 0.3 is 5.97 Å². The minimum atomic E-state index is -1.34. The number of esters is 1. The van der Waals surface area contributed by atoms with E-state index in [-0.39, 0.29) is 48.7 Å². The molecule has 1 unspecified atom stereocenters. The smallest absolute Gasteiger partial charge is 0.312 e. The number of allylic oxidation sites excluding steroid dienone is 1. The number of hydrogen-bond donors (Lipinski definition) is 2. The fourth-order valence-electron chi connectivity index (χ4n) is 7.44. The van der Waals surface area contributed by atoms with Crippen molar-refractivity contribution in [3.8, 4) is 0 Å². The van der Waals surface area contributed by atoms with Gasteiger partial charge in [0.25, 0.3) is 5.91 Å². The number of amides is 3. The molecule has 8 atom stereocenters. The van der Waals surface area contributed by atoms with Crippen LogP contribution in [0.4, 0.5) is 5.69 Å². The van der Waals surface area contributed by atoms with Crippen LogP contribution in [-0.4, -0.2) is 88.1 Å². The van der Waals surface area contributed by atoms with Crippen LogP contribution in [0.25, 0.3) is 10.8 Å². The predicted molar refractivity (Wildman–Crippen MR) is 183 cm³/mol. The van der Waals surface area contributed by atoms with Crippen molar-refractivity contribution < 1.29 is 33.8 Å². The lowest BCUT2D eigenvalue weighted by atomic mass is 9.70. The van der Waals surface area contributed by atoms with E-state index in [1.165, 1.54) is 4.90 Å². The fourth-order valence-corrected chi connectivity index (χ4v) is 8.38. The highest BCUT2D eigenvalue weighted by Gasteiger charge is 2.77. The number of carbonyl (C=O) groups excluding carboxylic acids is 4. The van der Waals surface area contributed by atoms with Gasteiger partial charge in [-0.15, -0.1) is 13.2 Å². The molecule has 47 heavy (non-hydrogen) atoms. The van der Waals surface area contributed by atoms with Gasteiger partial charge in [-0.2, -0.15) is 0 Å². The Morgan fingerprint density at radius 2 is 1.89 bits per heavy atom. The Bertz CT molecular complexity index is 1550. The van der Waals surface area contributed by atoms with Crippen LogP contribution in [0.2, 0.25) is 0 Å². The Balaban J connectivity index is 1.50. The standard InChI is InChI=1S/C36H44BrN3O7/c1-6-8-13-28(42)38-19-22(5)46-35(45)29-30-33(43)40(27(20-41)21(3)4)32(36(30)18-26(37)31(29)47-36)34(44)39(16-7-2)25-15-14-23-11-9-10-12-24(23)17-25/h6-7,9-12,14-15,17,21-22,26-27,29-32,41H,1-2,8,13,16,18-20H2,3-5H3,(H,38,42)/t22-,26?,27-,29-,30+,31-,32-,36+/m0/s1. The molecule has 2 N–H and O–H groups in total. The van der Waals surface area contributed by atoms with Crippen LogP contribution >= 0.6 is 15.9 Å². The molecule has 0 aromatic heterocycles. The molecule has 3 aliphatic rings. The van der Waals surface area contributed by atoms with Gasteiger partial charge in [-0.1, -0.05) is 72.3 Å². The average molecular weight is 711 g/mol. The minimum absolute atomic E-state index is 0.108. The number of likely N-dealkylation sites (tertiary alicyclic amines) is 1.